The van der Waals surface area contributed by atoms with Crippen molar-refractivity contribution < 1.29 is 18.6 Å². The van der Waals surface area contributed by atoms with Gasteiger partial charge in [-0.05, 0) is 35.8 Å². The van der Waals surface area contributed by atoms with Gasteiger partial charge in [-0.1, -0.05) is 12.6 Å². The molecule has 0 unspecified atom stereocenters. The van der Waals surface area contributed by atoms with Gasteiger partial charge in [-0.2, -0.15) is 10.6 Å². The third-order valence-electron chi connectivity index (χ3n) is 4.51. The first kappa shape index (κ1) is 16.4. The summed E-state index contributed by atoms with van der Waals surface area (Å²) in [6.45, 7) is 4.85. The van der Waals surface area contributed by atoms with Crippen LogP contribution in [-0.2, 0) is 17.8 Å². The lowest BCUT2D eigenvalue weighted by Crippen LogP contribution is -2.34. The Morgan fingerprint density at radius 3 is 2.74 bits per heavy atom. The monoisotopic (exact) mass is 337 g/mol. The molecule has 0 aliphatic carbocycles. The van der Waals surface area contributed by atoms with E-state index in [0.717, 1.165) is 24.3 Å². The predicted octanol–water partition coefficient (Wildman–Crippen LogP) is 3.05. The number of hydrogen-bond acceptors (Lipinski definition) is 4. The van der Waals surface area contributed by atoms with Crippen molar-refractivity contribution in [1.29, 1.82) is 0 Å². The highest BCUT2D eigenvalue weighted by atomic mass is 32.3. The first-order valence-electron chi connectivity index (χ1n) is 7.90. The maximum atomic E-state index is 11.8. The zero-order valence-electron chi connectivity index (χ0n) is 13.1. The number of hydrogen-bond donors (Lipinski definition) is 2. The summed E-state index contributed by atoms with van der Waals surface area (Å²) in [5.74, 6) is 1.59. The van der Waals surface area contributed by atoms with Crippen molar-refractivity contribution in [3.63, 3.8) is 0 Å². The molecule has 6 heteroatoms. The van der Waals surface area contributed by atoms with Gasteiger partial charge in [0.2, 0.25) is 5.91 Å². The van der Waals surface area contributed by atoms with E-state index in [1.54, 1.807) is 4.90 Å². The smallest absolute Gasteiger partial charge is 0.246 e. The maximum absolute atomic E-state index is 11.8. The summed E-state index contributed by atoms with van der Waals surface area (Å²) in [5, 5.41) is 0. The van der Waals surface area contributed by atoms with E-state index in [1.165, 1.54) is 11.6 Å². The van der Waals surface area contributed by atoms with E-state index in [-0.39, 0.29) is 12.0 Å². The molecule has 1 fully saturated rings. The minimum absolute atomic E-state index is 0.0301. The standard InChI is InChI=1S/C17H23NO4S/c1-2-17(19)18-8-5-13-3-4-16(11-14(13)12-18)22-15-6-9-23(20,21)10-7-15/h2-4,11,15,20-21H,1,5-10,12H2. The zero-order valence-corrected chi connectivity index (χ0v) is 13.9. The molecule has 1 saturated heterocycles. The van der Waals surface area contributed by atoms with Gasteiger partial charge in [-0.25, -0.2) is 0 Å². The Morgan fingerprint density at radius 1 is 1.30 bits per heavy atom. The average molecular weight is 337 g/mol. The largest absolute Gasteiger partial charge is 0.490 e. The summed E-state index contributed by atoms with van der Waals surface area (Å²) >= 11 is 0. The van der Waals surface area contributed by atoms with Crippen LogP contribution in [0, 0.1) is 0 Å². The number of carbonyl (C=O) groups excluding carboxylic acids is 1. The highest BCUT2D eigenvalue weighted by molar-refractivity contribution is 8.24. The molecule has 2 N–H and O–H groups in total. The fourth-order valence-corrected chi connectivity index (χ4v) is 4.61. The summed E-state index contributed by atoms with van der Waals surface area (Å²) in [6.07, 6.45) is 3.56. The molecule has 0 bridgehead atoms. The summed E-state index contributed by atoms with van der Waals surface area (Å²) in [4.78, 5) is 13.6. The van der Waals surface area contributed by atoms with Gasteiger partial charge in [0.05, 0.1) is 0 Å². The molecule has 0 saturated carbocycles. The van der Waals surface area contributed by atoms with Crippen LogP contribution in [0.1, 0.15) is 24.0 Å². The number of carbonyl (C=O) groups is 1. The summed E-state index contributed by atoms with van der Waals surface area (Å²) in [6, 6.07) is 6.04. The minimum atomic E-state index is -2.38. The van der Waals surface area contributed by atoms with Gasteiger partial charge in [-0.3, -0.25) is 13.9 Å². The molecule has 2 aliphatic rings. The Hall–Kier alpha value is -1.50. The molecule has 1 aromatic carbocycles. The Balaban J connectivity index is 1.66. The molecule has 0 aromatic heterocycles. The van der Waals surface area contributed by atoms with Crippen molar-refractivity contribution in [3.8, 4) is 5.75 Å². The number of benzene rings is 1. The number of ether oxygens (including phenoxy) is 1. The van der Waals surface area contributed by atoms with E-state index < -0.39 is 10.6 Å². The molecule has 1 aromatic rings. The lowest BCUT2D eigenvalue weighted by atomic mass is 9.99. The fraction of sp³-hybridized carbons (Fsp3) is 0.471. The zero-order chi connectivity index (χ0) is 16.4. The maximum Gasteiger partial charge on any atom is 0.246 e. The van der Waals surface area contributed by atoms with Crippen LogP contribution in [0.25, 0.3) is 0 Å². The van der Waals surface area contributed by atoms with Gasteiger partial charge in [-0.15, -0.1) is 0 Å². The van der Waals surface area contributed by atoms with E-state index in [9.17, 15) is 13.9 Å². The fourth-order valence-electron chi connectivity index (χ4n) is 3.12. The molecule has 2 aliphatic heterocycles. The van der Waals surface area contributed by atoms with Crippen LogP contribution < -0.4 is 4.74 Å². The number of nitrogens with zero attached hydrogens (tertiary/aromatic N) is 1. The molecule has 23 heavy (non-hydrogen) atoms. The molecule has 1 amide bonds. The van der Waals surface area contributed by atoms with Crippen molar-refractivity contribution in [3.05, 3.63) is 42.0 Å². The van der Waals surface area contributed by atoms with Crippen LogP contribution in [0.2, 0.25) is 0 Å². The molecule has 0 atom stereocenters. The highest BCUT2D eigenvalue weighted by Crippen LogP contribution is 2.44. The molecule has 126 valence electrons. The summed E-state index contributed by atoms with van der Waals surface area (Å²) in [5.41, 5.74) is 2.37. The van der Waals surface area contributed by atoms with Crippen LogP contribution in [0.3, 0.4) is 0 Å². The second kappa shape index (κ2) is 6.55. The van der Waals surface area contributed by atoms with Crippen molar-refractivity contribution in [2.45, 2.75) is 31.9 Å². The van der Waals surface area contributed by atoms with Gasteiger partial charge in [0.1, 0.15) is 11.9 Å². The average Bonchev–Trinajstić information content (AvgIpc) is 2.55. The van der Waals surface area contributed by atoms with E-state index in [0.29, 0.717) is 30.9 Å². The molecular formula is C17H23NO4S. The Bertz CT molecular complexity index is 607. The predicted molar refractivity (Wildman–Crippen MR) is 92.0 cm³/mol. The minimum Gasteiger partial charge on any atom is -0.490 e. The number of amides is 1. The lowest BCUT2D eigenvalue weighted by molar-refractivity contribution is -0.126. The second-order valence-corrected chi connectivity index (χ2v) is 8.59. The van der Waals surface area contributed by atoms with E-state index in [2.05, 4.69) is 12.6 Å². The second-order valence-electron chi connectivity index (χ2n) is 6.17. The van der Waals surface area contributed by atoms with Crippen LogP contribution in [0.15, 0.2) is 30.9 Å². The van der Waals surface area contributed by atoms with Gasteiger partial charge in [0, 0.05) is 37.4 Å². The van der Waals surface area contributed by atoms with Gasteiger partial charge in [0.15, 0.2) is 0 Å². The van der Waals surface area contributed by atoms with Crippen LogP contribution in [-0.4, -0.2) is 44.1 Å². The first-order chi connectivity index (χ1) is 11.0. The van der Waals surface area contributed by atoms with Gasteiger partial charge in [0.25, 0.3) is 0 Å². The third-order valence-corrected chi connectivity index (χ3v) is 6.29. The molecule has 0 radical (unpaired) electrons. The lowest BCUT2D eigenvalue weighted by Gasteiger charge is -2.39. The summed E-state index contributed by atoms with van der Waals surface area (Å²) in [7, 11) is -2.38. The topological polar surface area (TPSA) is 70.0 Å². The van der Waals surface area contributed by atoms with Gasteiger partial charge < -0.3 is 9.64 Å². The Morgan fingerprint density at radius 2 is 2.04 bits per heavy atom. The van der Waals surface area contributed by atoms with E-state index in [1.807, 2.05) is 12.1 Å². The van der Waals surface area contributed by atoms with Crippen LogP contribution >= 0.6 is 10.6 Å². The quantitative estimate of drug-likeness (QED) is 0.832. The molecule has 2 heterocycles. The molecule has 0 spiro atoms. The van der Waals surface area contributed by atoms with E-state index in [4.69, 9.17) is 4.74 Å². The molecule has 5 nitrogen and oxygen atoms in total. The Kier molecular flexibility index (Phi) is 4.66. The SMILES string of the molecule is C=CC(=O)N1CCc2ccc(OC3CCS(O)(O)CC3)cc2C1. The van der Waals surface area contributed by atoms with E-state index >= 15 is 0 Å². The third kappa shape index (κ3) is 3.88. The van der Waals surface area contributed by atoms with Gasteiger partial charge >= 0.3 is 0 Å². The van der Waals surface area contributed by atoms with Crippen molar-refractivity contribution in [2.75, 3.05) is 18.1 Å². The normalized spacial score (nSPS) is 22.1. The first-order valence-corrected chi connectivity index (χ1v) is 9.79. The molecule has 3 rings (SSSR count). The number of fused-ring (bicyclic) bond motifs is 1. The highest BCUT2D eigenvalue weighted by Gasteiger charge is 2.26. The van der Waals surface area contributed by atoms with Crippen LogP contribution in [0.5, 0.6) is 5.75 Å². The van der Waals surface area contributed by atoms with Crippen LogP contribution in [0.4, 0.5) is 0 Å². The van der Waals surface area contributed by atoms with Crippen molar-refractivity contribution in [2.24, 2.45) is 0 Å². The van der Waals surface area contributed by atoms with Crippen molar-refractivity contribution in [1.82, 2.24) is 4.90 Å². The Labute approximate surface area is 138 Å². The molecular weight excluding hydrogens is 314 g/mol. The number of rotatable bonds is 3. The summed E-state index contributed by atoms with van der Waals surface area (Å²) < 4.78 is 25.3. The van der Waals surface area contributed by atoms with Crippen molar-refractivity contribution >= 4 is 16.5 Å².